The summed E-state index contributed by atoms with van der Waals surface area (Å²) in [7, 11) is 0. The van der Waals surface area contributed by atoms with Gasteiger partial charge in [0, 0.05) is 18.6 Å². The van der Waals surface area contributed by atoms with Crippen molar-refractivity contribution in [2.45, 2.75) is 19.4 Å². The summed E-state index contributed by atoms with van der Waals surface area (Å²) in [5, 5.41) is 10.6. The number of hydrogen-bond donors (Lipinski definition) is 1. The highest BCUT2D eigenvalue weighted by molar-refractivity contribution is 7.15. The molecule has 0 radical (unpaired) electrons. The van der Waals surface area contributed by atoms with E-state index in [0.717, 1.165) is 15.6 Å². The van der Waals surface area contributed by atoms with Gasteiger partial charge < -0.3 is 5.11 Å². The fourth-order valence-electron chi connectivity index (χ4n) is 1.08. The van der Waals surface area contributed by atoms with E-state index in [1.807, 2.05) is 0 Å². The van der Waals surface area contributed by atoms with E-state index in [-0.39, 0.29) is 0 Å². The third-order valence-electron chi connectivity index (χ3n) is 1.89. The van der Waals surface area contributed by atoms with E-state index in [9.17, 15) is 5.11 Å². The van der Waals surface area contributed by atoms with Crippen LogP contribution < -0.4 is 0 Å². The first-order valence-corrected chi connectivity index (χ1v) is 5.34. The van der Waals surface area contributed by atoms with Crippen LogP contribution in [-0.2, 0) is 5.60 Å². The van der Waals surface area contributed by atoms with Crippen molar-refractivity contribution in [2.75, 3.05) is 0 Å². The van der Waals surface area contributed by atoms with Gasteiger partial charge in [-0.3, -0.25) is 9.97 Å². The molecule has 0 aliphatic rings. The average molecular weight is 221 g/mol. The predicted molar refractivity (Wildman–Crippen MR) is 58.4 cm³/mol. The summed E-state index contributed by atoms with van der Waals surface area (Å²) in [4.78, 5) is 13.2. The lowest BCUT2D eigenvalue weighted by atomic mass is 10.1. The Morgan fingerprint density at radius 1 is 1.20 bits per heavy atom. The minimum Gasteiger partial charge on any atom is -0.385 e. The molecule has 4 nitrogen and oxygen atoms in total. The Bertz CT molecular complexity index is 447. The number of nitrogens with zero attached hydrogens (tertiary/aromatic N) is 3. The van der Waals surface area contributed by atoms with Crippen molar-refractivity contribution in [3.05, 3.63) is 29.7 Å². The summed E-state index contributed by atoms with van der Waals surface area (Å²) >= 11 is 1.43. The maximum atomic E-state index is 9.78. The molecule has 0 aliphatic carbocycles. The van der Waals surface area contributed by atoms with Crippen molar-refractivity contribution in [3.63, 3.8) is 0 Å². The van der Waals surface area contributed by atoms with Gasteiger partial charge in [-0.1, -0.05) is 0 Å². The van der Waals surface area contributed by atoms with Crippen molar-refractivity contribution in [1.82, 2.24) is 15.0 Å². The van der Waals surface area contributed by atoms with E-state index in [2.05, 4.69) is 15.0 Å². The Morgan fingerprint density at radius 2 is 2.00 bits per heavy atom. The molecule has 2 aromatic heterocycles. The molecule has 2 aromatic rings. The smallest absolute Gasteiger partial charge is 0.143 e. The first-order valence-electron chi connectivity index (χ1n) is 4.52. The molecule has 15 heavy (non-hydrogen) atoms. The molecule has 0 fully saturated rings. The number of thiazole rings is 1. The number of hydrogen-bond acceptors (Lipinski definition) is 5. The molecule has 0 bridgehead atoms. The molecule has 0 amide bonds. The predicted octanol–water partition coefficient (Wildman–Crippen LogP) is 1.83. The third kappa shape index (κ3) is 2.19. The molecular weight excluding hydrogens is 210 g/mol. The van der Waals surface area contributed by atoms with Crippen LogP contribution in [-0.4, -0.2) is 20.1 Å². The largest absolute Gasteiger partial charge is 0.385 e. The Kier molecular flexibility index (Phi) is 2.50. The second-order valence-electron chi connectivity index (χ2n) is 3.68. The molecule has 0 atom stereocenters. The SMILES string of the molecule is CC(C)(O)c1cnc(-c2cnccn2)s1. The number of aliphatic hydroxyl groups is 1. The summed E-state index contributed by atoms with van der Waals surface area (Å²) < 4.78 is 0. The van der Waals surface area contributed by atoms with Crippen LogP contribution in [0.4, 0.5) is 0 Å². The molecule has 0 aliphatic heterocycles. The summed E-state index contributed by atoms with van der Waals surface area (Å²) in [5.41, 5.74) is -0.115. The monoisotopic (exact) mass is 221 g/mol. The highest BCUT2D eigenvalue weighted by atomic mass is 32.1. The lowest BCUT2D eigenvalue weighted by molar-refractivity contribution is 0.0823. The number of rotatable bonds is 2. The van der Waals surface area contributed by atoms with Crippen molar-refractivity contribution < 1.29 is 5.11 Å². The van der Waals surface area contributed by atoms with Crippen LogP contribution in [0.1, 0.15) is 18.7 Å². The molecule has 1 N–H and O–H groups in total. The minimum absolute atomic E-state index is 0.734. The zero-order chi connectivity index (χ0) is 10.9. The van der Waals surface area contributed by atoms with E-state index < -0.39 is 5.60 Å². The quantitative estimate of drug-likeness (QED) is 0.840. The standard InChI is InChI=1S/C10H11N3OS/c1-10(2,14)8-6-13-9(15-8)7-5-11-3-4-12-7/h3-6,14H,1-2H3. The first kappa shape index (κ1) is 10.2. The topological polar surface area (TPSA) is 58.9 Å². The Labute approximate surface area is 91.7 Å². The molecule has 2 heterocycles. The van der Waals surface area contributed by atoms with Crippen molar-refractivity contribution in [3.8, 4) is 10.7 Å². The Balaban J connectivity index is 2.37. The van der Waals surface area contributed by atoms with Gasteiger partial charge >= 0.3 is 0 Å². The van der Waals surface area contributed by atoms with Crippen LogP contribution in [0.15, 0.2) is 24.8 Å². The van der Waals surface area contributed by atoms with Gasteiger partial charge in [0.15, 0.2) is 0 Å². The molecular formula is C10H11N3OS. The average Bonchev–Trinajstić information content (AvgIpc) is 2.67. The fourth-order valence-corrected chi connectivity index (χ4v) is 1.96. The van der Waals surface area contributed by atoms with Gasteiger partial charge in [-0.05, 0) is 13.8 Å². The van der Waals surface area contributed by atoms with Crippen molar-refractivity contribution in [2.24, 2.45) is 0 Å². The second-order valence-corrected chi connectivity index (χ2v) is 4.71. The van der Waals surface area contributed by atoms with E-state index >= 15 is 0 Å². The van der Waals surface area contributed by atoms with E-state index in [0.29, 0.717) is 0 Å². The maximum absolute atomic E-state index is 9.78. The first-order chi connectivity index (χ1) is 7.07. The van der Waals surface area contributed by atoms with Crippen molar-refractivity contribution in [1.29, 1.82) is 0 Å². The van der Waals surface area contributed by atoms with Gasteiger partial charge in [-0.25, -0.2) is 4.98 Å². The molecule has 0 saturated heterocycles. The van der Waals surface area contributed by atoms with Gasteiger partial charge in [-0.2, -0.15) is 0 Å². The van der Waals surface area contributed by atoms with Crippen LogP contribution in [0.3, 0.4) is 0 Å². The van der Waals surface area contributed by atoms with E-state index in [4.69, 9.17) is 0 Å². The molecule has 5 heteroatoms. The van der Waals surface area contributed by atoms with E-state index in [1.54, 1.807) is 38.6 Å². The molecule has 0 aromatic carbocycles. The molecule has 0 saturated carbocycles. The van der Waals surface area contributed by atoms with Gasteiger partial charge in [0.25, 0.3) is 0 Å². The summed E-state index contributed by atoms with van der Waals surface area (Å²) in [5.74, 6) is 0. The van der Waals surface area contributed by atoms with Gasteiger partial charge in [0.2, 0.25) is 0 Å². The van der Waals surface area contributed by atoms with E-state index in [1.165, 1.54) is 11.3 Å². The summed E-state index contributed by atoms with van der Waals surface area (Å²) in [6, 6.07) is 0. The van der Waals surface area contributed by atoms with Crippen LogP contribution in [0.5, 0.6) is 0 Å². The molecule has 0 unspecified atom stereocenters. The normalized spacial score (nSPS) is 11.7. The zero-order valence-corrected chi connectivity index (χ0v) is 9.32. The van der Waals surface area contributed by atoms with Crippen LogP contribution in [0.2, 0.25) is 0 Å². The number of aromatic nitrogens is 3. The van der Waals surface area contributed by atoms with Gasteiger partial charge in [-0.15, -0.1) is 11.3 Å². The second kappa shape index (κ2) is 3.67. The maximum Gasteiger partial charge on any atom is 0.143 e. The minimum atomic E-state index is -0.849. The summed E-state index contributed by atoms with van der Waals surface area (Å²) in [6.45, 7) is 3.47. The highest BCUT2D eigenvalue weighted by Gasteiger charge is 2.19. The molecule has 0 spiro atoms. The third-order valence-corrected chi connectivity index (χ3v) is 3.22. The molecule has 2 rings (SSSR count). The lowest BCUT2D eigenvalue weighted by Gasteiger charge is -2.12. The summed E-state index contributed by atoms with van der Waals surface area (Å²) in [6.07, 6.45) is 6.58. The van der Waals surface area contributed by atoms with Crippen LogP contribution >= 0.6 is 11.3 Å². The van der Waals surface area contributed by atoms with Gasteiger partial charge in [0.05, 0.1) is 16.7 Å². The highest BCUT2D eigenvalue weighted by Crippen LogP contribution is 2.30. The Morgan fingerprint density at radius 3 is 2.53 bits per heavy atom. The fraction of sp³-hybridized carbons (Fsp3) is 0.300. The lowest BCUT2D eigenvalue weighted by Crippen LogP contribution is -2.12. The van der Waals surface area contributed by atoms with Gasteiger partial charge in [0.1, 0.15) is 10.7 Å². The van der Waals surface area contributed by atoms with Crippen LogP contribution in [0.25, 0.3) is 10.7 Å². The van der Waals surface area contributed by atoms with Crippen LogP contribution in [0, 0.1) is 0 Å². The van der Waals surface area contributed by atoms with Crippen molar-refractivity contribution >= 4 is 11.3 Å². The zero-order valence-electron chi connectivity index (χ0n) is 8.51. The molecule has 78 valence electrons. The Hall–Kier alpha value is -1.33.